The van der Waals surface area contributed by atoms with Gasteiger partial charge in [-0.1, -0.05) is 6.92 Å². The number of alkyl halides is 1. The molecule has 0 spiro atoms. The monoisotopic (exact) mass is 131 g/mol. The average Bonchev–Trinajstić information content (AvgIpc) is 2.17. The van der Waals surface area contributed by atoms with Gasteiger partial charge in [0.15, 0.2) is 0 Å². The van der Waals surface area contributed by atoms with E-state index in [0.29, 0.717) is 6.54 Å². The minimum Gasteiger partial charge on any atom is -0.300 e. The molecule has 0 amide bonds. The number of hydrogen-bond donors (Lipinski definition) is 0. The Morgan fingerprint density at radius 2 is 2.44 bits per heavy atom. The molecule has 9 heavy (non-hydrogen) atoms. The molecule has 1 aliphatic rings. The molecule has 1 aliphatic heterocycles. The quantitative estimate of drug-likeness (QED) is 0.546. The molecule has 0 aliphatic carbocycles. The van der Waals surface area contributed by atoms with Crippen molar-refractivity contribution in [2.45, 2.75) is 13.3 Å². The van der Waals surface area contributed by atoms with E-state index >= 15 is 0 Å². The summed E-state index contributed by atoms with van der Waals surface area (Å²) in [5.74, 6) is 0.788. The van der Waals surface area contributed by atoms with Crippen LogP contribution in [0.15, 0.2) is 0 Å². The van der Waals surface area contributed by atoms with Crippen LogP contribution >= 0.6 is 0 Å². The lowest BCUT2D eigenvalue weighted by molar-refractivity contribution is 0.290. The summed E-state index contributed by atoms with van der Waals surface area (Å²) in [6.07, 6.45) is 1.25. The molecule has 1 unspecified atom stereocenters. The van der Waals surface area contributed by atoms with Crippen molar-refractivity contribution in [3.8, 4) is 0 Å². The van der Waals surface area contributed by atoms with Crippen LogP contribution in [0, 0.1) is 5.92 Å². The van der Waals surface area contributed by atoms with Crippen molar-refractivity contribution in [1.82, 2.24) is 4.90 Å². The highest BCUT2D eigenvalue weighted by molar-refractivity contribution is 4.71. The summed E-state index contributed by atoms with van der Waals surface area (Å²) in [4.78, 5) is 2.19. The SMILES string of the molecule is CC1CCN(CCF)C1. The molecule has 1 saturated heterocycles. The summed E-state index contributed by atoms with van der Waals surface area (Å²) in [5.41, 5.74) is 0. The van der Waals surface area contributed by atoms with Crippen LogP contribution in [0.3, 0.4) is 0 Å². The third-order valence-electron chi connectivity index (χ3n) is 1.91. The summed E-state index contributed by atoms with van der Waals surface area (Å²) in [7, 11) is 0. The zero-order chi connectivity index (χ0) is 6.69. The van der Waals surface area contributed by atoms with Gasteiger partial charge in [0.25, 0.3) is 0 Å². The predicted octanol–water partition coefficient (Wildman–Crippen LogP) is 1.30. The van der Waals surface area contributed by atoms with Gasteiger partial charge in [-0.25, -0.2) is 4.39 Å². The Labute approximate surface area is 55.8 Å². The largest absolute Gasteiger partial charge is 0.300 e. The lowest BCUT2D eigenvalue weighted by Crippen LogP contribution is -2.22. The van der Waals surface area contributed by atoms with Crippen LogP contribution in [0.5, 0.6) is 0 Å². The van der Waals surface area contributed by atoms with Crippen LogP contribution in [-0.2, 0) is 0 Å². The maximum absolute atomic E-state index is 11.7. The maximum atomic E-state index is 11.7. The summed E-state index contributed by atoms with van der Waals surface area (Å²) >= 11 is 0. The summed E-state index contributed by atoms with van der Waals surface area (Å²) in [6, 6.07) is 0. The third kappa shape index (κ3) is 1.94. The topological polar surface area (TPSA) is 3.24 Å². The molecule has 0 radical (unpaired) electrons. The van der Waals surface area contributed by atoms with Crippen molar-refractivity contribution in [2.75, 3.05) is 26.3 Å². The summed E-state index contributed by atoms with van der Waals surface area (Å²) in [5, 5.41) is 0. The number of rotatable bonds is 2. The fraction of sp³-hybridized carbons (Fsp3) is 1.00. The minimum absolute atomic E-state index is 0.188. The Hall–Kier alpha value is -0.110. The van der Waals surface area contributed by atoms with E-state index in [1.165, 1.54) is 6.42 Å². The highest BCUT2D eigenvalue weighted by atomic mass is 19.1. The third-order valence-corrected chi connectivity index (χ3v) is 1.91. The Morgan fingerprint density at radius 3 is 2.89 bits per heavy atom. The summed E-state index contributed by atoms with van der Waals surface area (Å²) < 4.78 is 11.7. The molecule has 54 valence electrons. The van der Waals surface area contributed by atoms with Gasteiger partial charge in [-0.05, 0) is 18.9 Å². The van der Waals surface area contributed by atoms with Crippen molar-refractivity contribution in [1.29, 1.82) is 0 Å². The molecule has 1 heterocycles. The van der Waals surface area contributed by atoms with Crippen LogP contribution in [-0.4, -0.2) is 31.2 Å². The molecule has 0 N–H and O–H groups in total. The fourth-order valence-corrected chi connectivity index (χ4v) is 1.35. The summed E-state index contributed by atoms with van der Waals surface area (Å²) in [6.45, 7) is 4.88. The maximum Gasteiger partial charge on any atom is 0.102 e. The molecular formula is C7H14FN. The van der Waals surface area contributed by atoms with Gasteiger partial charge in [0.1, 0.15) is 6.67 Å². The van der Waals surface area contributed by atoms with Crippen LogP contribution in [0.4, 0.5) is 4.39 Å². The molecular weight excluding hydrogens is 117 g/mol. The van der Waals surface area contributed by atoms with E-state index in [0.717, 1.165) is 19.0 Å². The number of likely N-dealkylation sites (tertiary alicyclic amines) is 1. The molecule has 0 aromatic heterocycles. The number of halogens is 1. The van der Waals surface area contributed by atoms with E-state index in [9.17, 15) is 4.39 Å². The Kier molecular flexibility index (Phi) is 2.46. The highest BCUT2D eigenvalue weighted by Crippen LogP contribution is 2.13. The van der Waals surface area contributed by atoms with E-state index < -0.39 is 0 Å². The van der Waals surface area contributed by atoms with Crippen molar-refractivity contribution < 1.29 is 4.39 Å². The van der Waals surface area contributed by atoms with Gasteiger partial charge in [-0.15, -0.1) is 0 Å². The molecule has 1 atom stereocenters. The molecule has 1 nitrogen and oxygen atoms in total. The van der Waals surface area contributed by atoms with Gasteiger partial charge >= 0.3 is 0 Å². The molecule has 1 fully saturated rings. The van der Waals surface area contributed by atoms with Gasteiger partial charge in [0.2, 0.25) is 0 Å². The van der Waals surface area contributed by atoms with Gasteiger partial charge in [0.05, 0.1) is 0 Å². The van der Waals surface area contributed by atoms with Gasteiger partial charge in [-0.3, -0.25) is 0 Å². The van der Waals surface area contributed by atoms with E-state index in [2.05, 4.69) is 11.8 Å². The smallest absolute Gasteiger partial charge is 0.102 e. The normalized spacial score (nSPS) is 29.3. The number of nitrogens with zero attached hydrogens (tertiary/aromatic N) is 1. The van der Waals surface area contributed by atoms with Crippen LogP contribution in [0.1, 0.15) is 13.3 Å². The molecule has 0 aromatic rings. The minimum atomic E-state index is -0.188. The molecule has 0 bridgehead atoms. The Bertz CT molecular complexity index is 83.0. The van der Waals surface area contributed by atoms with Crippen molar-refractivity contribution in [3.05, 3.63) is 0 Å². The van der Waals surface area contributed by atoms with Crippen LogP contribution in [0.25, 0.3) is 0 Å². The van der Waals surface area contributed by atoms with Gasteiger partial charge in [0, 0.05) is 13.1 Å². The first-order valence-corrected chi connectivity index (χ1v) is 3.61. The molecule has 1 rings (SSSR count). The fourth-order valence-electron chi connectivity index (χ4n) is 1.35. The Morgan fingerprint density at radius 1 is 1.67 bits per heavy atom. The van der Waals surface area contributed by atoms with E-state index in [1.54, 1.807) is 0 Å². The van der Waals surface area contributed by atoms with Crippen molar-refractivity contribution in [2.24, 2.45) is 5.92 Å². The number of hydrogen-bond acceptors (Lipinski definition) is 1. The highest BCUT2D eigenvalue weighted by Gasteiger charge is 2.17. The molecule has 0 saturated carbocycles. The van der Waals surface area contributed by atoms with Crippen LogP contribution < -0.4 is 0 Å². The second-order valence-corrected chi connectivity index (χ2v) is 2.88. The average molecular weight is 131 g/mol. The molecule has 0 aromatic carbocycles. The van der Waals surface area contributed by atoms with Gasteiger partial charge in [-0.2, -0.15) is 0 Å². The van der Waals surface area contributed by atoms with Crippen LogP contribution in [0.2, 0.25) is 0 Å². The van der Waals surface area contributed by atoms with E-state index in [-0.39, 0.29) is 6.67 Å². The zero-order valence-corrected chi connectivity index (χ0v) is 5.94. The van der Waals surface area contributed by atoms with Crippen molar-refractivity contribution >= 4 is 0 Å². The van der Waals surface area contributed by atoms with Gasteiger partial charge < -0.3 is 4.90 Å². The lowest BCUT2D eigenvalue weighted by atomic mass is 10.2. The second-order valence-electron chi connectivity index (χ2n) is 2.88. The Balaban J connectivity index is 2.14. The lowest BCUT2D eigenvalue weighted by Gasteiger charge is -2.11. The first kappa shape index (κ1) is 7.00. The molecule has 2 heteroatoms. The second kappa shape index (κ2) is 3.16. The van der Waals surface area contributed by atoms with Crippen molar-refractivity contribution in [3.63, 3.8) is 0 Å². The standard InChI is InChI=1S/C7H14FN/c1-7-2-4-9(6-7)5-3-8/h7H,2-6H2,1H3. The predicted molar refractivity (Wildman–Crippen MR) is 36.2 cm³/mol. The first-order chi connectivity index (χ1) is 4.33. The first-order valence-electron chi connectivity index (χ1n) is 3.61. The van der Waals surface area contributed by atoms with E-state index in [1.807, 2.05) is 0 Å². The van der Waals surface area contributed by atoms with E-state index in [4.69, 9.17) is 0 Å². The zero-order valence-electron chi connectivity index (χ0n) is 5.94.